The maximum atomic E-state index is 11.7. The molecule has 1 saturated heterocycles. The van der Waals surface area contributed by atoms with Gasteiger partial charge in [0, 0.05) is 26.7 Å². The molecule has 4 heteroatoms. The normalized spacial score (nSPS) is 21.4. The zero-order chi connectivity index (χ0) is 10.6. The summed E-state index contributed by atoms with van der Waals surface area (Å²) in [5.74, 6) is 0.620. The van der Waals surface area contributed by atoms with Gasteiger partial charge in [0.2, 0.25) is 0 Å². The molecule has 1 heterocycles. The Labute approximate surface area is 86.0 Å². The predicted molar refractivity (Wildman–Crippen MR) is 57.1 cm³/mol. The quantitative estimate of drug-likeness (QED) is 0.728. The van der Waals surface area contributed by atoms with Crippen LogP contribution in [0, 0.1) is 5.92 Å². The number of carbonyl (C=O) groups excluding carboxylic acids is 1. The highest BCUT2D eigenvalue weighted by molar-refractivity contribution is 5.74. The molecule has 0 saturated carbocycles. The molecule has 14 heavy (non-hydrogen) atoms. The Hall–Kier alpha value is -0.770. The largest absolute Gasteiger partial charge is 0.330 e. The molecule has 0 spiro atoms. The van der Waals surface area contributed by atoms with Crippen molar-refractivity contribution in [3.8, 4) is 0 Å². The van der Waals surface area contributed by atoms with E-state index in [2.05, 4.69) is 0 Å². The van der Waals surface area contributed by atoms with Crippen LogP contribution in [0.5, 0.6) is 0 Å². The van der Waals surface area contributed by atoms with Gasteiger partial charge in [0.1, 0.15) is 0 Å². The molecule has 0 aromatic heterocycles. The van der Waals surface area contributed by atoms with Crippen molar-refractivity contribution in [3.05, 3.63) is 0 Å². The van der Waals surface area contributed by atoms with Crippen molar-refractivity contribution in [3.63, 3.8) is 0 Å². The number of hydrogen-bond acceptors (Lipinski definition) is 2. The molecule has 82 valence electrons. The first kappa shape index (κ1) is 11.3. The van der Waals surface area contributed by atoms with Gasteiger partial charge in [-0.2, -0.15) is 0 Å². The molecule has 2 N–H and O–H groups in total. The van der Waals surface area contributed by atoms with Gasteiger partial charge >= 0.3 is 6.03 Å². The van der Waals surface area contributed by atoms with Crippen LogP contribution >= 0.6 is 0 Å². The molecule has 0 bridgehead atoms. The Morgan fingerprint density at radius 1 is 1.64 bits per heavy atom. The average molecular weight is 199 g/mol. The van der Waals surface area contributed by atoms with Crippen LogP contribution in [0.25, 0.3) is 0 Å². The molecule has 1 atom stereocenters. The highest BCUT2D eigenvalue weighted by atomic mass is 16.2. The molecule has 1 fully saturated rings. The van der Waals surface area contributed by atoms with Gasteiger partial charge < -0.3 is 15.5 Å². The third-order valence-corrected chi connectivity index (χ3v) is 2.93. The van der Waals surface area contributed by atoms with Crippen molar-refractivity contribution in [2.24, 2.45) is 11.7 Å². The first-order chi connectivity index (χ1) is 6.69. The molecular weight excluding hydrogens is 178 g/mol. The van der Waals surface area contributed by atoms with Crippen molar-refractivity contribution >= 4 is 6.03 Å². The zero-order valence-electron chi connectivity index (χ0n) is 9.20. The summed E-state index contributed by atoms with van der Waals surface area (Å²) in [7, 11) is 1.85. The zero-order valence-corrected chi connectivity index (χ0v) is 9.20. The fourth-order valence-electron chi connectivity index (χ4n) is 1.85. The van der Waals surface area contributed by atoms with E-state index in [0.717, 1.165) is 39.0 Å². The van der Waals surface area contributed by atoms with Gasteiger partial charge in [-0.05, 0) is 32.2 Å². The Bertz CT molecular complexity index is 196. The van der Waals surface area contributed by atoms with Crippen LogP contribution in [-0.4, -0.2) is 49.1 Å². The SMILES string of the molecule is CCN(C)C(=O)N1CCC(CCN)C1. The summed E-state index contributed by atoms with van der Waals surface area (Å²) in [4.78, 5) is 15.4. The number of nitrogens with zero attached hydrogens (tertiary/aromatic N) is 2. The molecule has 2 amide bonds. The fourth-order valence-corrected chi connectivity index (χ4v) is 1.85. The Balaban J connectivity index is 2.37. The third kappa shape index (κ3) is 2.61. The topological polar surface area (TPSA) is 49.6 Å². The van der Waals surface area contributed by atoms with Crippen LogP contribution < -0.4 is 5.73 Å². The van der Waals surface area contributed by atoms with Crippen molar-refractivity contribution < 1.29 is 4.79 Å². The summed E-state index contributed by atoms with van der Waals surface area (Å²) in [6.07, 6.45) is 2.15. The van der Waals surface area contributed by atoms with Gasteiger partial charge in [0.15, 0.2) is 0 Å². The van der Waals surface area contributed by atoms with Gasteiger partial charge in [0.25, 0.3) is 0 Å². The molecule has 0 aromatic rings. The fraction of sp³-hybridized carbons (Fsp3) is 0.900. The van der Waals surface area contributed by atoms with E-state index in [1.54, 1.807) is 4.90 Å². The first-order valence-corrected chi connectivity index (χ1v) is 5.39. The summed E-state index contributed by atoms with van der Waals surface area (Å²) in [6.45, 7) is 5.28. The van der Waals surface area contributed by atoms with E-state index < -0.39 is 0 Å². The van der Waals surface area contributed by atoms with Gasteiger partial charge in [-0.15, -0.1) is 0 Å². The van der Waals surface area contributed by atoms with Crippen molar-refractivity contribution in [2.75, 3.05) is 33.2 Å². The Kier molecular flexibility index (Phi) is 4.20. The van der Waals surface area contributed by atoms with Crippen LogP contribution in [0.2, 0.25) is 0 Å². The van der Waals surface area contributed by atoms with E-state index in [1.807, 2.05) is 18.9 Å². The number of urea groups is 1. The average Bonchev–Trinajstić information content (AvgIpc) is 2.64. The highest BCUT2D eigenvalue weighted by Gasteiger charge is 2.26. The van der Waals surface area contributed by atoms with E-state index in [4.69, 9.17) is 5.73 Å². The molecule has 1 aliphatic heterocycles. The number of amides is 2. The molecule has 4 nitrogen and oxygen atoms in total. The number of rotatable bonds is 3. The van der Waals surface area contributed by atoms with Gasteiger partial charge in [-0.1, -0.05) is 0 Å². The lowest BCUT2D eigenvalue weighted by Gasteiger charge is -2.23. The number of hydrogen-bond donors (Lipinski definition) is 1. The standard InChI is InChI=1S/C10H21N3O/c1-3-12(2)10(14)13-7-5-9(8-13)4-6-11/h9H,3-8,11H2,1-2H3. The Morgan fingerprint density at radius 2 is 2.36 bits per heavy atom. The van der Waals surface area contributed by atoms with Gasteiger partial charge in [-0.3, -0.25) is 0 Å². The molecule has 1 rings (SSSR count). The minimum atomic E-state index is 0.159. The monoisotopic (exact) mass is 199 g/mol. The second-order valence-electron chi connectivity index (χ2n) is 3.97. The van der Waals surface area contributed by atoms with Crippen LogP contribution in [0.1, 0.15) is 19.8 Å². The smallest absolute Gasteiger partial charge is 0.319 e. The highest BCUT2D eigenvalue weighted by Crippen LogP contribution is 2.19. The van der Waals surface area contributed by atoms with Gasteiger partial charge in [-0.25, -0.2) is 4.79 Å². The molecule has 1 unspecified atom stereocenters. The molecule has 0 radical (unpaired) electrons. The second-order valence-corrected chi connectivity index (χ2v) is 3.97. The lowest BCUT2D eigenvalue weighted by Crippen LogP contribution is -2.39. The van der Waals surface area contributed by atoms with Gasteiger partial charge in [0.05, 0.1) is 0 Å². The number of nitrogens with two attached hydrogens (primary N) is 1. The summed E-state index contributed by atoms with van der Waals surface area (Å²) >= 11 is 0. The summed E-state index contributed by atoms with van der Waals surface area (Å²) in [6, 6.07) is 0.159. The first-order valence-electron chi connectivity index (χ1n) is 5.39. The van der Waals surface area contributed by atoms with E-state index in [-0.39, 0.29) is 6.03 Å². The number of carbonyl (C=O) groups is 1. The second kappa shape index (κ2) is 5.20. The minimum absolute atomic E-state index is 0.159. The summed E-state index contributed by atoms with van der Waals surface area (Å²) in [5.41, 5.74) is 5.50. The number of likely N-dealkylation sites (tertiary alicyclic amines) is 1. The molecule has 0 aliphatic carbocycles. The van der Waals surface area contributed by atoms with E-state index >= 15 is 0 Å². The third-order valence-electron chi connectivity index (χ3n) is 2.93. The molecule has 1 aliphatic rings. The lowest BCUT2D eigenvalue weighted by atomic mass is 10.1. The van der Waals surface area contributed by atoms with Crippen LogP contribution in [0.4, 0.5) is 4.79 Å². The van der Waals surface area contributed by atoms with Crippen molar-refractivity contribution in [1.82, 2.24) is 9.80 Å². The predicted octanol–water partition coefficient (Wildman–Crippen LogP) is 0.729. The van der Waals surface area contributed by atoms with E-state index in [1.165, 1.54) is 0 Å². The lowest BCUT2D eigenvalue weighted by molar-refractivity contribution is 0.173. The van der Waals surface area contributed by atoms with E-state index in [9.17, 15) is 4.79 Å². The van der Waals surface area contributed by atoms with E-state index in [0.29, 0.717) is 5.92 Å². The van der Waals surface area contributed by atoms with Crippen molar-refractivity contribution in [2.45, 2.75) is 19.8 Å². The maximum absolute atomic E-state index is 11.7. The van der Waals surface area contributed by atoms with Crippen LogP contribution in [0.15, 0.2) is 0 Å². The van der Waals surface area contributed by atoms with Crippen molar-refractivity contribution in [1.29, 1.82) is 0 Å². The Morgan fingerprint density at radius 3 is 2.93 bits per heavy atom. The summed E-state index contributed by atoms with van der Waals surface area (Å²) in [5, 5.41) is 0. The molecule has 0 aromatic carbocycles. The maximum Gasteiger partial charge on any atom is 0.319 e. The minimum Gasteiger partial charge on any atom is -0.330 e. The van der Waals surface area contributed by atoms with Crippen LogP contribution in [0.3, 0.4) is 0 Å². The van der Waals surface area contributed by atoms with Crippen LogP contribution in [-0.2, 0) is 0 Å². The summed E-state index contributed by atoms with van der Waals surface area (Å²) < 4.78 is 0. The molecular formula is C10H21N3O.